The van der Waals surface area contributed by atoms with Crippen molar-refractivity contribution < 1.29 is 4.79 Å². The Morgan fingerprint density at radius 1 is 1.19 bits per heavy atom. The van der Waals surface area contributed by atoms with Crippen molar-refractivity contribution in [3.8, 4) is 0 Å². The molecule has 1 aliphatic rings. The molecule has 0 spiro atoms. The maximum atomic E-state index is 12.6. The van der Waals surface area contributed by atoms with Crippen molar-refractivity contribution >= 4 is 28.1 Å². The molecule has 0 unspecified atom stereocenters. The molecular formula is C19H21N5O2S. The molecule has 0 saturated carbocycles. The molecule has 27 heavy (non-hydrogen) atoms. The van der Waals surface area contributed by atoms with Gasteiger partial charge in [-0.1, -0.05) is 12.1 Å². The number of para-hydroxylation sites is 1. The van der Waals surface area contributed by atoms with Gasteiger partial charge in [-0.05, 0) is 19.1 Å². The Bertz CT molecular complexity index is 1020. The Kier molecular flexibility index (Phi) is 5.00. The van der Waals surface area contributed by atoms with Crippen LogP contribution in [-0.4, -0.2) is 56.4 Å². The molecule has 0 aliphatic carbocycles. The smallest absolute Gasteiger partial charge is 0.261 e. The first-order chi connectivity index (χ1) is 13.1. The van der Waals surface area contributed by atoms with Crippen molar-refractivity contribution in [2.24, 2.45) is 0 Å². The van der Waals surface area contributed by atoms with Crippen LogP contribution in [0.25, 0.3) is 10.9 Å². The second-order valence-corrected chi connectivity index (χ2v) is 7.77. The van der Waals surface area contributed by atoms with E-state index in [2.05, 4.69) is 20.2 Å². The Labute approximate surface area is 160 Å². The molecule has 140 valence electrons. The van der Waals surface area contributed by atoms with Crippen molar-refractivity contribution in [3.05, 3.63) is 57.0 Å². The summed E-state index contributed by atoms with van der Waals surface area (Å²) in [6.45, 7) is 5.81. The summed E-state index contributed by atoms with van der Waals surface area (Å²) in [5.41, 5.74) is 1.56. The van der Waals surface area contributed by atoms with Crippen LogP contribution in [0.1, 0.15) is 10.7 Å². The average molecular weight is 383 g/mol. The number of carbonyl (C=O) groups excluding carboxylic acids is 1. The van der Waals surface area contributed by atoms with Crippen LogP contribution < -0.4 is 5.56 Å². The maximum absolute atomic E-state index is 12.6. The van der Waals surface area contributed by atoms with Crippen molar-refractivity contribution in [2.75, 3.05) is 26.2 Å². The molecule has 0 bridgehead atoms. The van der Waals surface area contributed by atoms with Gasteiger partial charge in [0.25, 0.3) is 5.56 Å². The highest BCUT2D eigenvalue weighted by Crippen LogP contribution is 2.12. The summed E-state index contributed by atoms with van der Waals surface area (Å²) in [4.78, 5) is 38.1. The van der Waals surface area contributed by atoms with Gasteiger partial charge in [-0.15, -0.1) is 11.3 Å². The van der Waals surface area contributed by atoms with Gasteiger partial charge in [0.1, 0.15) is 6.54 Å². The molecule has 0 N–H and O–H groups in total. The fourth-order valence-electron chi connectivity index (χ4n) is 3.33. The SMILES string of the molecule is Cc1nc(CN2CCN(C(=O)Cn3cnc4ccccc4c3=O)CC2)cs1. The largest absolute Gasteiger partial charge is 0.339 e. The zero-order valence-electron chi connectivity index (χ0n) is 15.2. The number of piperazine rings is 1. The molecule has 0 radical (unpaired) electrons. The van der Waals surface area contributed by atoms with Crippen molar-refractivity contribution in [3.63, 3.8) is 0 Å². The van der Waals surface area contributed by atoms with Gasteiger partial charge in [0.2, 0.25) is 5.91 Å². The third kappa shape index (κ3) is 3.91. The number of carbonyl (C=O) groups is 1. The van der Waals surface area contributed by atoms with E-state index in [0.29, 0.717) is 24.0 Å². The van der Waals surface area contributed by atoms with Gasteiger partial charge >= 0.3 is 0 Å². The number of rotatable bonds is 4. The Morgan fingerprint density at radius 2 is 1.96 bits per heavy atom. The molecule has 3 heterocycles. The first-order valence-electron chi connectivity index (χ1n) is 8.95. The number of hydrogen-bond donors (Lipinski definition) is 0. The third-order valence-corrected chi connectivity index (χ3v) is 5.64. The van der Waals surface area contributed by atoms with Crippen LogP contribution in [0.5, 0.6) is 0 Å². The number of aryl methyl sites for hydroxylation is 1. The van der Waals surface area contributed by atoms with Crippen LogP contribution in [0.15, 0.2) is 40.8 Å². The predicted octanol–water partition coefficient (Wildman–Crippen LogP) is 1.51. The maximum Gasteiger partial charge on any atom is 0.261 e. The molecule has 0 atom stereocenters. The Hall–Kier alpha value is -2.58. The second kappa shape index (κ2) is 7.58. The molecule has 8 heteroatoms. The minimum atomic E-state index is -0.175. The topological polar surface area (TPSA) is 71.3 Å². The summed E-state index contributed by atoms with van der Waals surface area (Å²) < 4.78 is 1.40. The van der Waals surface area contributed by atoms with Gasteiger partial charge < -0.3 is 4.90 Å². The fraction of sp³-hybridized carbons (Fsp3) is 0.368. The summed E-state index contributed by atoms with van der Waals surface area (Å²) in [6.07, 6.45) is 1.46. The van der Waals surface area contributed by atoms with Crippen molar-refractivity contribution in [1.29, 1.82) is 0 Å². The minimum absolute atomic E-state index is 0.0297. The highest BCUT2D eigenvalue weighted by Gasteiger charge is 2.22. The van der Waals surface area contributed by atoms with Crippen LogP contribution in [0.4, 0.5) is 0 Å². The monoisotopic (exact) mass is 383 g/mol. The van der Waals surface area contributed by atoms with Gasteiger partial charge in [0.05, 0.1) is 27.9 Å². The first kappa shape index (κ1) is 17.8. The van der Waals surface area contributed by atoms with Gasteiger partial charge in [-0.3, -0.25) is 19.1 Å². The number of hydrogen-bond acceptors (Lipinski definition) is 6. The van der Waals surface area contributed by atoms with Crippen LogP contribution in [0.2, 0.25) is 0 Å². The fourth-order valence-corrected chi connectivity index (χ4v) is 3.93. The summed E-state index contributed by atoms with van der Waals surface area (Å²) >= 11 is 1.66. The van der Waals surface area contributed by atoms with E-state index in [1.807, 2.05) is 17.9 Å². The summed E-state index contributed by atoms with van der Waals surface area (Å²) in [5, 5.41) is 3.70. The summed E-state index contributed by atoms with van der Waals surface area (Å²) in [6, 6.07) is 7.19. The molecule has 1 saturated heterocycles. The number of fused-ring (bicyclic) bond motifs is 1. The van der Waals surface area contributed by atoms with E-state index in [1.165, 1.54) is 10.9 Å². The molecule has 2 aromatic heterocycles. The van der Waals surface area contributed by atoms with Crippen molar-refractivity contribution in [1.82, 2.24) is 24.3 Å². The van der Waals surface area contributed by atoms with E-state index < -0.39 is 0 Å². The number of aromatic nitrogens is 3. The van der Waals surface area contributed by atoms with E-state index in [0.717, 1.165) is 30.3 Å². The molecule has 1 amide bonds. The molecular weight excluding hydrogens is 362 g/mol. The lowest BCUT2D eigenvalue weighted by atomic mass is 10.2. The lowest BCUT2D eigenvalue weighted by molar-refractivity contribution is -0.133. The van der Waals surface area contributed by atoms with E-state index in [-0.39, 0.29) is 18.0 Å². The first-order valence-corrected chi connectivity index (χ1v) is 9.83. The van der Waals surface area contributed by atoms with Crippen LogP contribution in [0.3, 0.4) is 0 Å². The highest BCUT2D eigenvalue weighted by molar-refractivity contribution is 7.09. The second-order valence-electron chi connectivity index (χ2n) is 6.71. The quantitative estimate of drug-likeness (QED) is 0.683. The molecule has 3 aromatic rings. The van der Waals surface area contributed by atoms with E-state index in [9.17, 15) is 9.59 Å². The lowest BCUT2D eigenvalue weighted by Gasteiger charge is -2.34. The number of nitrogens with zero attached hydrogens (tertiary/aromatic N) is 5. The molecule has 7 nitrogen and oxygen atoms in total. The van der Waals surface area contributed by atoms with Crippen LogP contribution in [0, 0.1) is 6.92 Å². The van der Waals surface area contributed by atoms with Gasteiger partial charge in [0.15, 0.2) is 0 Å². The summed E-state index contributed by atoms with van der Waals surface area (Å²) in [7, 11) is 0. The van der Waals surface area contributed by atoms with E-state index in [1.54, 1.807) is 29.5 Å². The molecule has 4 rings (SSSR count). The average Bonchev–Trinajstić information content (AvgIpc) is 3.09. The molecule has 1 fully saturated rings. The van der Waals surface area contributed by atoms with Gasteiger partial charge in [0, 0.05) is 38.1 Å². The number of benzene rings is 1. The lowest BCUT2D eigenvalue weighted by Crippen LogP contribution is -2.49. The zero-order valence-corrected chi connectivity index (χ0v) is 16.0. The number of thiazole rings is 1. The molecule has 1 aliphatic heterocycles. The minimum Gasteiger partial charge on any atom is -0.339 e. The Balaban J connectivity index is 1.37. The van der Waals surface area contributed by atoms with E-state index in [4.69, 9.17) is 0 Å². The molecule has 1 aromatic carbocycles. The standard InChI is InChI=1S/C19H21N5O2S/c1-14-21-15(12-27-14)10-22-6-8-23(9-7-22)18(25)11-24-13-20-17-5-3-2-4-16(17)19(24)26/h2-5,12-13H,6-11H2,1H3. The third-order valence-electron chi connectivity index (χ3n) is 4.81. The normalized spacial score (nSPS) is 15.4. The Morgan fingerprint density at radius 3 is 2.70 bits per heavy atom. The predicted molar refractivity (Wildman–Crippen MR) is 105 cm³/mol. The van der Waals surface area contributed by atoms with Crippen LogP contribution >= 0.6 is 11.3 Å². The number of amides is 1. The van der Waals surface area contributed by atoms with Crippen molar-refractivity contribution in [2.45, 2.75) is 20.0 Å². The highest BCUT2D eigenvalue weighted by atomic mass is 32.1. The van der Waals surface area contributed by atoms with Gasteiger partial charge in [-0.25, -0.2) is 9.97 Å². The van der Waals surface area contributed by atoms with E-state index >= 15 is 0 Å². The van der Waals surface area contributed by atoms with Crippen LogP contribution in [-0.2, 0) is 17.9 Å². The summed E-state index contributed by atoms with van der Waals surface area (Å²) in [5.74, 6) is -0.0432. The van der Waals surface area contributed by atoms with Gasteiger partial charge in [-0.2, -0.15) is 0 Å². The zero-order chi connectivity index (χ0) is 18.8.